The number of hydrogen-bond acceptors (Lipinski definition) is 4. The monoisotopic (exact) mass is 367 g/mol. The predicted molar refractivity (Wildman–Crippen MR) is 101 cm³/mol. The fourth-order valence-corrected chi connectivity index (χ4v) is 4.62. The van der Waals surface area contributed by atoms with E-state index in [-0.39, 0.29) is 11.5 Å². The molecule has 0 radical (unpaired) electrons. The molecule has 1 fully saturated rings. The number of fused-ring (bicyclic) bond motifs is 2. The van der Waals surface area contributed by atoms with Crippen LogP contribution in [0.15, 0.2) is 47.2 Å². The van der Waals surface area contributed by atoms with Gasteiger partial charge in [-0.25, -0.2) is 4.79 Å². The van der Waals surface area contributed by atoms with Gasteiger partial charge >= 0.3 is 5.97 Å². The molecule has 3 aliphatic rings. The standard InChI is InChI=1S/C22H25NO4/c1-26-17-9-7-14(8-10-17)13-23-19-12-16-6-4-3-5-15(16)11-18(19)20(21(23)24)22(25)27-2/h7-10,12,15-16H,3-6,11,13H2,1-2H3. The first-order valence-corrected chi connectivity index (χ1v) is 9.60. The highest BCUT2D eigenvalue weighted by Gasteiger charge is 2.43. The third-order valence-electron chi connectivity index (χ3n) is 6.06. The number of carbonyl (C=O) groups is 2. The van der Waals surface area contributed by atoms with Crippen molar-refractivity contribution in [2.24, 2.45) is 11.8 Å². The minimum Gasteiger partial charge on any atom is -0.497 e. The van der Waals surface area contributed by atoms with Crippen LogP contribution in [-0.4, -0.2) is 31.0 Å². The SMILES string of the molecule is COC(=O)C1=C2CC3CCCCC3C=C2N(Cc2ccc(OC)cc2)C1=O. The molecule has 0 N–H and O–H groups in total. The van der Waals surface area contributed by atoms with E-state index >= 15 is 0 Å². The van der Waals surface area contributed by atoms with Gasteiger partial charge in [0.15, 0.2) is 0 Å². The summed E-state index contributed by atoms with van der Waals surface area (Å²) in [4.78, 5) is 27.2. The fourth-order valence-electron chi connectivity index (χ4n) is 4.62. The average Bonchev–Trinajstić information content (AvgIpc) is 2.97. The Morgan fingerprint density at radius 3 is 2.59 bits per heavy atom. The van der Waals surface area contributed by atoms with Gasteiger partial charge in [-0.05, 0) is 54.4 Å². The Balaban J connectivity index is 1.69. The summed E-state index contributed by atoms with van der Waals surface area (Å²) in [6, 6.07) is 7.68. The van der Waals surface area contributed by atoms with Crippen LogP contribution < -0.4 is 4.74 Å². The van der Waals surface area contributed by atoms with Crippen LogP contribution in [0.25, 0.3) is 0 Å². The van der Waals surface area contributed by atoms with Crippen LogP contribution in [0.5, 0.6) is 5.75 Å². The number of esters is 1. The molecule has 5 heteroatoms. The van der Waals surface area contributed by atoms with Gasteiger partial charge in [-0.2, -0.15) is 0 Å². The molecular formula is C22H25NO4. The molecule has 142 valence electrons. The molecule has 2 atom stereocenters. The molecule has 5 nitrogen and oxygen atoms in total. The maximum Gasteiger partial charge on any atom is 0.343 e. The highest BCUT2D eigenvalue weighted by atomic mass is 16.5. The molecule has 1 amide bonds. The second kappa shape index (κ2) is 7.22. The Hall–Kier alpha value is -2.56. The van der Waals surface area contributed by atoms with Crippen molar-refractivity contribution in [2.75, 3.05) is 14.2 Å². The van der Waals surface area contributed by atoms with Crippen LogP contribution in [-0.2, 0) is 20.9 Å². The van der Waals surface area contributed by atoms with E-state index in [0.717, 1.165) is 29.0 Å². The number of methoxy groups -OCH3 is 2. The van der Waals surface area contributed by atoms with E-state index in [2.05, 4.69) is 6.08 Å². The highest BCUT2D eigenvalue weighted by Crippen LogP contribution is 2.46. The quantitative estimate of drug-likeness (QED) is 0.603. The van der Waals surface area contributed by atoms with E-state index in [9.17, 15) is 9.59 Å². The molecule has 0 saturated heterocycles. The molecule has 1 aromatic carbocycles. The minimum atomic E-state index is -0.521. The van der Waals surface area contributed by atoms with Gasteiger partial charge in [0.2, 0.25) is 0 Å². The zero-order chi connectivity index (χ0) is 19.0. The molecule has 2 unspecified atom stereocenters. The maximum atomic E-state index is 13.1. The number of carbonyl (C=O) groups excluding carboxylic acids is 2. The van der Waals surface area contributed by atoms with Crippen LogP contribution in [0.4, 0.5) is 0 Å². The Morgan fingerprint density at radius 1 is 1.15 bits per heavy atom. The summed E-state index contributed by atoms with van der Waals surface area (Å²) in [6.07, 6.45) is 7.83. The van der Waals surface area contributed by atoms with Crippen molar-refractivity contribution >= 4 is 11.9 Å². The van der Waals surface area contributed by atoms with Crippen molar-refractivity contribution in [3.63, 3.8) is 0 Å². The molecule has 0 spiro atoms. The first-order valence-electron chi connectivity index (χ1n) is 9.60. The van der Waals surface area contributed by atoms with Crippen molar-refractivity contribution < 1.29 is 19.1 Å². The van der Waals surface area contributed by atoms with E-state index in [1.807, 2.05) is 24.3 Å². The molecule has 1 aromatic rings. The molecule has 0 aromatic heterocycles. The predicted octanol–water partition coefficient (Wildman–Crippen LogP) is 3.60. The minimum absolute atomic E-state index is 0.223. The van der Waals surface area contributed by atoms with Gasteiger partial charge in [0, 0.05) is 5.70 Å². The van der Waals surface area contributed by atoms with Crippen molar-refractivity contribution in [1.82, 2.24) is 4.90 Å². The summed E-state index contributed by atoms with van der Waals surface area (Å²) in [6.45, 7) is 0.441. The molecule has 2 aliphatic carbocycles. The van der Waals surface area contributed by atoms with Crippen LogP contribution >= 0.6 is 0 Å². The summed E-state index contributed by atoms with van der Waals surface area (Å²) in [5.74, 6) is 1.05. The maximum absolute atomic E-state index is 13.1. The third kappa shape index (κ3) is 3.15. The first-order chi connectivity index (χ1) is 13.1. The van der Waals surface area contributed by atoms with Crippen molar-refractivity contribution in [1.29, 1.82) is 0 Å². The van der Waals surface area contributed by atoms with Gasteiger partial charge in [-0.1, -0.05) is 31.1 Å². The van der Waals surface area contributed by atoms with Gasteiger partial charge in [-0.15, -0.1) is 0 Å². The number of benzene rings is 1. The summed E-state index contributed by atoms with van der Waals surface area (Å²) < 4.78 is 10.1. The zero-order valence-electron chi connectivity index (χ0n) is 15.9. The normalized spacial score (nSPS) is 24.3. The Bertz CT molecular complexity index is 821. The summed E-state index contributed by atoms with van der Waals surface area (Å²) in [5.41, 5.74) is 3.02. The number of rotatable bonds is 4. The molecule has 1 heterocycles. The van der Waals surface area contributed by atoms with E-state index < -0.39 is 5.97 Å². The Labute approximate surface area is 159 Å². The lowest BCUT2D eigenvalue weighted by atomic mass is 9.71. The van der Waals surface area contributed by atoms with Gasteiger partial charge in [0.1, 0.15) is 11.3 Å². The van der Waals surface area contributed by atoms with Crippen LogP contribution in [0.3, 0.4) is 0 Å². The average molecular weight is 367 g/mol. The molecule has 1 aliphatic heterocycles. The number of hydrogen-bond donors (Lipinski definition) is 0. The van der Waals surface area contributed by atoms with Crippen LogP contribution in [0.2, 0.25) is 0 Å². The number of amides is 1. The molecular weight excluding hydrogens is 342 g/mol. The molecule has 4 rings (SSSR count). The summed E-state index contributed by atoms with van der Waals surface area (Å²) in [7, 11) is 2.97. The summed E-state index contributed by atoms with van der Waals surface area (Å²) in [5, 5.41) is 0. The van der Waals surface area contributed by atoms with Gasteiger partial charge in [0.25, 0.3) is 5.91 Å². The molecule has 1 saturated carbocycles. The van der Waals surface area contributed by atoms with Gasteiger partial charge in [-0.3, -0.25) is 4.79 Å². The molecule has 0 bridgehead atoms. The lowest BCUT2D eigenvalue weighted by Gasteiger charge is -2.35. The largest absolute Gasteiger partial charge is 0.497 e. The van der Waals surface area contributed by atoms with Crippen molar-refractivity contribution in [3.05, 3.63) is 52.7 Å². The number of ether oxygens (including phenoxy) is 2. The first kappa shape index (κ1) is 17.8. The highest BCUT2D eigenvalue weighted by molar-refractivity contribution is 6.20. The second-order valence-electron chi connectivity index (χ2n) is 7.55. The fraction of sp³-hybridized carbons (Fsp3) is 0.455. The smallest absolute Gasteiger partial charge is 0.343 e. The third-order valence-corrected chi connectivity index (χ3v) is 6.06. The summed E-state index contributed by atoms with van der Waals surface area (Å²) >= 11 is 0. The lowest BCUT2D eigenvalue weighted by molar-refractivity contribution is -0.139. The molecule has 27 heavy (non-hydrogen) atoms. The van der Waals surface area contributed by atoms with E-state index in [4.69, 9.17) is 9.47 Å². The van der Waals surface area contributed by atoms with E-state index in [1.165, 1.54) is 32.8 Å². The van der Waals surface area contributed by atoms with Crippen molar-refractivity contribution in [3.8, 4) is 5.75 Å². The van der Waals surface area contributed by atoms with Crippen LogP contribution in [0, 0.1) is 11.8 Å². The van der Waals surface area contributed by atoms with Crippen LogP contribution in [0.1, 0.15) is 37.7 Å². The number of nitrogens with zero attached hydrogens (tertiary/aromatic N) is 1. The van der Waals surface area contributed by atoms with Gasteiger partial charge < -0.3 is 14.4 Å². The Morgan fingerprint density at radius 2 is 1.89 bits per heavy atom. The number of allylic oxidation sites excluding steroid dienone is 2. The lowest BCUT2D eigenvalue weighted by Crippen LogP contribution is -2.29. The van der Waals surface area contributed by atoms with E-state index in [1.54, 1.807) is 12.0 Å². The Kier molecular flexibility index (Phi) is 4.77. The topological polar surface area (TPSA) is 55.8 Å². The zero-order valence-corrected chi connectivity index (χ0v) is 15.9. The second-order valence-corrected chi connectivity index (χ2v) is 7.55. The van der Waals surface area contributed by atoms with Gasteiger partial charge in [0.05, 0.1) is 20.8 Å². The van der Waals surface area contributed by atoms with Crippen molar-refractivity contribution in [2.45, 2.75) is 38.6 Å². The van der Waals surface area contributed by atoms with E-state index in [0.29, 0.717) is 18.4 Å².